The molecule has 0 heterocycles. The highest BCUT2D eigenvalue weighted by Crippen LogP contribution is 1.85. The molecule has 0 unspecified atom stereocenters. The molecule has 0 rings (SSSR count). The number of hydrogen-bond acceptors (Lipinski definition) is 3. The van der Waals surface area contributed by atoms with Crippen molar-refractivity contribution >= 4 is 12.4 Å². The molecule has 0 aliphatic rings. The molecule has 0 N–H and O–H groups in total. The van der Waals surface area contributed by atoms with E-state index < -0.39 is 6.09 Å². The van der Waals surface area contributed by atoms with Crippen LogP contribution in [0.4, 0.5) is 4.79 Å². The number of carbonyl (C=O) groups excluding carboxylic acids is 2. The van der Waals surface area contributed by atoms with Gasteiger partial charge in [0.1, 0.15) is 6.29 Å². The van der Waals surface area contributed by atoms with Crippen LogP contribution in [0.1, 0.15) is 20.3 Å². The molecule has 0 aromatic rings. The topological polar surface area (TPSA) is 46.6 Å². The van der Waals surface area contributed by atoms with Gasteiger partial charge in [-0.2, -0.15) is 0 Å². The molecule has 0 aliphatic carbocycles. The molecule has 4 heteroatoms. The zero-order chi connectivity index (χ0) is 9.98. The molecule has 0 radical (unpaired) electrons. The maximum atomic E-state index is 10.6. The van der Waals surface area contributed by atoms with Crippen molar-refractivity contribution in [3.8, 4) is 0 Å². The van der Waals surface area contributed by atoms with Crippen molar-refractivity contribution in [1.29, 1.82) is 0 Å². The number of aldehydes is 1. The van der Waals surface area contributed by atoms with Crippen LogP contribution in [0.5, 0.6) is 0 Å². The average Bonchev–Trinajstić information content (AvgIpc) is 2.08. The van der Waals surface area contributed by atoms with Crippen molar-refractivity contribution in [1.82, 2.24) is 4.90 Å². The van der Waals surface area contributed by atoms with Crippen molar-refractivity contribution in [3.63, 3.8) is 0 Å². The van der Waals surface area contributed by atoms with E-state index in [2.05, 4.69) is 4.74 Å². The molecule has 0 bridgehead atoms. The molecule has 72 valence electrons. The van der Waals surface area contributed by atoms with E-state index in [-0.39, 0.29) is 13.0 Å². The van der Waals surface area contributed by atoms with Gasteiger partial charge in [-0.3, -0.25) is 0 Å². The van der Waals surface area contributed by atoms with E-state index in [0.717, 1.165) is 0 Å². The minimum atomic E-state index is -0.415. The van der Waals surface area contributed by atoms with Crippen LogP contribution in [0.25, 0.3) is 0 Å². The molecule has 0 aromatic carbocycles. The van der Waals surface area contributed by atoms with Crippen LogP contribution in [0.3, 0.4) is 0 Å². The summed E-state index contributed by atoms with van der Waals surface area (Å²) >= 11 is 0. The number of ether oxygens (including phenoxy) is 1. The summed E-state index contributed by atoms with van der Waals surface area (Å²) in [5, 5.41) is 0. The van der Waals surface area contributed by atoms with Crippen molar-refractivity contribution in [2.75, 3.05) is 20.7 Å². The molecule has 0 aromatic heterocycles. The molecule has 12 heavy (non-hydrogen) atoms. The molecule has 0 atom stereocenters. The minimum absolute atomic E-state index is 0.167. The van der Waals surface area contributed by atoms with Gasteiger partial charge in [-0.15, -0.1) is 0 Å². The summed E-state index contributed by atoms with van der Waals surface area (Å²) in [5.41, 5.74) is 0. The van der Waals surface area contributed by atoms with E-state index in [0.29, 0.717) is 6.29 Å². The Bertz CT molecular complexity index is 123. The molecule has 0 fully saturated rings. The zero-order valence-electron chi connectivity index (χ0n) is 8.16. The molecule has 0 saturated heterocycles. The van der Waals surface area contributed by atoms with Gasteiger partial charge in [-0.25, -0.2) is 4.79 Å². The van der Waals surface area contributed by atoms with Gasteiger partial charge in [0.2, 0.25) is 0 Å². The number of nitrogens with zero attached hydrogens (tertiary/aromatic N) is 1. The molecule has 0 aliphatic heterocycles. The molecule has 4 nitrogen and oxygen atoms in total. The molecule has 1 amide bonds. The van der Waals surface area contributed by atoms with Crippen LogP contribution in [-0.4, -0.2) is 38.0 Å². The number of amides is 1. The predicted octanol–water partition coefficient (Wildman–Crippen LogP) is 1.30. The molecule has 0 spiro atoms. The smallest absolute Gasteiger partial charge is 0.409 e. The van der Waals surface area contributed by atoms with Crippen LogP contribution in [0.15, 0.2) is 0 Å². The second-order valence-corrected chi connectivity index (χ2v) is 1.96. The third-order valence-corrected chi connectivity index (χ3v) is 0.826. The van der Waals surface area contributed by atoms with Crippen LogP contribution >= 0.6 is 0 Å². The van der Waals surface area contributed by atoms with Crippen molar-refractivity contribution in [3.05, 3.63) is 0 Å². The minimum Gasteiger partial charge on any atom is -0.449 e. The first-order valence-electron chi connectivity index (χ1n) is 3.96. The second kappa shape index (κ2) is 9.94. The van der Waals surface area contributed by atoms with E-state index in [1.54, 1.807) is 14.1 Å². The summed E-state index contributed by atoms with van der Waals surface area (Å²) in [6.45, 7) is 4.17. The summed E-state index contributed by atoms with van der Waals surface area (Å²) in [7, 11) is 3.17. The Balaban J connectivity index is 0. The Kier molecular flexibility index (Phi) is 11.2. The quantitative estimate of drug-likeness (QED) is 0.479. The van der Waals surface area contributed by atoms with E-state index in [4.69, 9.17) is 0 Å². The lowest BCUT2D eigenvalue weighted by Gasteiger charge is -2.08. The fraction of sp³-hybridized carbons (Fsp3) is 0.750. The monoisotopic (exact) mass is 175 g/mol. The van der Waals surface area contributed by atoms with Crippen LogP contribution < -0.4 is 0 Å². The second-order valence-electron chi connectivity index (χ2n) is 1.96. The number of hydrogen-bond donors (Lipinski definition) is 0. The SMILES string of the molecule is CC.CN(C)C(=O)OCCC=O. The normalized spacial score (nSPS) is 7.67. The first kappa shape index (κ1) is 13.5. The first-order valence-corrected chi connectivity index (χ1v) is 3.96. The standard InChI is InChI=1S/C6H11NO3.C2H6/c1-7(2)6(9)10-5-3-4-8;1-2/h4H,3,5H2,1-2H3;1-2H3. The lowest BCUT2D eigenvalue weighted by Crippen LogP contribution is -2.23. The van der Waals surface area contributed by atoms with Gasteiger partial charge in [-0.1, -0.05) is 13.8 Å². The van der Waals surface area contributed by atoms with Crippen molar-refractivity contribution in [2.45, 2.75) is 20.3 Å². The summed E-state index contributed by atoms with van der Waals surface area (Å²) in [6.07, 6.45) is 0.560. The predicted molar refractivity (Wildman–Crippen MR) is 47.1 cm³/mol. The van der Waals surface area contributed by atoms with Crippen LogP contribution in [0, 0.1) is 0 Å². The highest BCUT2D eigenvalue weighted by molar-refractivity contribution is 5.66. The largest absolute Gasteiger partial charge is 0.449 e. The van der Waals surface area contributed by atoms with E-state index >= 15 is 0 Å². The lowest BCUT2D eigenvalue weighted by molar-refractivity contribution is -0.108. The molecular formula is C8H17NO3. The highest BCUT2D eigenvalue weighted by atomic mass is 16.6. The fourth-order valence-electron chi connectivity index (χ4n) is 0.323. The molecular weight excluding hydrogens is 158 g/mol. The van der Waals surface area contributed by atoms with Gasteiger partial charge >= 0.3 is 6.09 Å². The van der Waals surface area contributed by atoms with Crippen LogP contribution in [-0.2, 0) is 9.53 Å². The van der Waals surface area contributed by atoms with Gasteiger partial charge in [0.25, 0.3) is 0 Å². The van der Waals surface area contributed by atoms with Gasteiger partial charge < -0.3 is 14.4 Å². The number of rotatable bonds is 3. The lowest BCUT2D eigenvalue weighted by atomic mass is 10.5. The van der Waals surface area contributed by atoms with Gasteiger partial charge in [0, 0.05) is 20.5 Å². The summed E-state index contributed by atoms with van der Waals surface area (Å²) < 4.78 is 4.60. The Morgan fingerprint density at radius 2 is 1.92 bits per heavy atom. The first-order chi connectivity index (χ1) is 5.68. The summed E-state index contributed by atoms with van der Waals surface area (Å²) in [4.78, 5) is 21.7. The summed E-state index contributed by atoms with van der Waals surface area (Å²) in [6, 6.07) is 0. The van der Waals surface area contributed by atoms with Crippen LogP contribution in [0.2, 0.25) is 0 Å². The van der Waals surface area contributed by atoms with E-state index in [9.17, 15) is 9.59 Å². The zero-order valence-corrected chi connectivity index (χ0v) is 8.16. The third kappa shape index (κ3) is 8.94. The Morgan fingerprint density at radius 3 is 2.25 bits per heavy atom. The Morgan fingerprint density at radius 1 is 1.42 bits per heavy atom. The Labute approximate surface area is 73.5 Å². The Hall–Kier alpha value is -1.06. The third-order valence-electron chi connectivity index (χ3n) is 0.826. The maximum Gasteiger partial charge on any atom is 0.409 e. The van der Waals surface area contributed by atoms with Gasteiger partial charge in [-0.05, 0) is 0 Å². The number of carbonyl (C=O) groups is 2. The fourth-order valence-corrected chi connectivity index (χ4v) is 0.323. The average molecular weight is 175 g/mol. The van der Waals surface area contributed by atoms with Crippen molar-refractivity contribution < 1.29 is 14.3 Å². The van der Waals surface area contributed by atoms with Crippen molar-refractivity contribution in [2.24, 2.45) is 0 Å². The van der Waals surface area contributed by atoms with Gasteiger partial charge in [0.05, 0.1) is 6.61 Å². The summed E-state index contributed by atoms with van der Waals surface area (Å²) in [5.74, 6) is 0. The molecule has 0 saturated carbocycles. The van der Waals surface area contributed by atoms with E-state index in [1.165, 1.54) is 4.90 Å². The maximum absolute atomic E-state index is 10.6. The van der Waals surface area contributed by atoms with E-state index in [1.807, 2.05) is 13.8 Å². The van der Waals surface area contributed by atoms with Gasteiger partial charge in [0.15, 0.2) is 0 Å². The highest BCUT2D eigenvalue weighted by Gasteiger charge is 2.01.